The van der Waals surface area contributed by atoms with E-state index in [1.54, 1.807) is 11.0 Å². The molecule has 2 heterocycles. The monoisotopic (exact) mass is 472 g/mol. The third kappa shape index (κ3) is 4.59. The van der Waals surface area contributed by atoms with E-state index in [0.29, 0.717) is 20.0 Å². The summed E-state index contributed by atoms with van der Waals surface area (Å²) in [6.07, 6.45) is 1.74. The molecule has 0 N–H and O–H groups in total. The molecule has 0 atom stereocenters. The minimum Gasteiger partial charge on any atom is -0.450 e. The summed E-state index contributed by atoms with van der Waals surface area (Å²) in [5, 5.41) is 1.43. The zero-order valence-electron chi connectivity index (χ0n) is 16.2. The van der Waals surface area contributed by atoms with Crippen molar-refractivity contribution in [3.8, 4) is 0 Å². The Bertz CT molecular complexity index is 1120. The number of halogens is 1. The number of furan rings is 1. The third-order valence-corrected chi connectivity index (χ3v) is 6.81. The van der Waals surface area contributed by atoms with Gasteiger partial charge in [0.1, 0.15) is 5.76 Å². The molecule has 30 heavy (non-hydrogen) atoms. The number of benzene rings is 2. The molecule has 0 saturated carbocycles. The number of nitrogens with zero attached hydrogens (tertiary/aromatic N) is 2. The van der Waals surface area contributed by atoms with E-state index in [0.717, 1.165) is 21.4 Å². The summed E-state index contributed by atoms with van der Waals surface area (Å²) in [6, 6.07) is 19.0. The van der Waals surface area contributed by atoms with Crippen molar-refractivity contribution < 1.29 is 9.21 Å². The molecular formula is C22H17ClN2O2S3. The predicted molar refractivity (Wildman–Crippen MR) is 131 cm³/mol. The van der Waals surface area contributed by atoms with E-state index in [1.807, 2.05) is 79.7 Å². The summed E-state index contributed by atoms with van der Waals surface area (Å²) in [5.74, 6) is 0.459. The highest BCUT2D eigenvalue weighted by Gasteiger charge is 2.33. The molecule has 1 fully saturated rings. The molecule has 1 aliphatic rings. The Morgan fingerprint density at radius 2 is 1.77 bits per heavy atom. The molecule has 1 aromatic heterocycles. The van der Waals surface area contributed by atoms with Gasteiger partial charge < -0.3 is 9.32 Å². The van der Waals surface area contributed by atoms with Crippen LogP contribution in [0.25, 0.3) is 6.08 Å². The molecule has 2 aromatic carbocycles. The number of rotatable bonds is 5. The second-order valence-corrected chi connectivity index (χ2v) is 9.83. The lowest BCUT2D eigenvalue weighted by molar-refractivity contribution is -0.113. The van der Waals surface area contributed by atoms with Crippen LogP contribution < -0.4 is 9.80 Å². The Labute approximate surface area is 193 Å². The molecule has 8 heteroatoms. The minimum absolute atomic E-state index is 0.147. The van der Waals surface area contributed by atoms with Gasteiger partial charge in [0.15, 0.2) is 9.41 Å². The molecule has 152 valence electrons. The van der Waals surface area contributed by atoms with E-state index in [4.69, 9.17) is 28.2 Å². The van der Waals surface area contributed by atoms with E-state index >= 15 is 0 Å². The van der Waals surface area contributed by atoms with E-state index < -0.39 is 0 Å². The Balaban J connectivity index is 1.50. The lowest BCUT2D eigenvalue weighted by atomic mass is 10.2. The number of hydrogen-bond donors (Lipinski definition) is 0. The Kier molecular flexibility index (Phi) is 6.24. The number of thioether (sulfide) groups is 1. The fourth-order valence-corrected chi connectivity index (χ4v) is 4.99. The van der Waals surface area contributed by atoms with E-state index in [1.165, 1.54) is 23.5 Å². The van der Waals surface area contributed by atoms with Crippen LogP contribution in [0.5, 0.6) is 0 Å². The smallest absolute Gasteiger partial charge is 0.270 e. The van der Waals surface area contributed by atoms with Crippen LogP contribution in [0, 0.1) is 0 Å². The maximum atomic E-state index is 12.9. The molecule has 0 unspecified atom stereocenters. The molecule has 0 aliphatic carbocycles. The summed E-state index contributed by atoms with van der Waals surface area (Å²) >= 11 is 14.1. The second-order valence-electron chi connectivity index (χ2n) is 6.64. The average molecular weight is 473 g/mol. The molecule has 1 aliphatic heterocycles. The number of hydrogen-bond acceptors (Lipinski definition) is 6. The van der Waals surface area contributed by atoms with Crippen molar-refractivity contribution in [1.29, 1.82) is 0 Å². The first-order chi connectivity index (χ1) is 14.4. The van der Waals surface area contributed by atoms with Crippen molar-refractivity contribution in [2.24, 2.45) is 0 Å². The van der Waals surface area contributed by atoms with Crippen LogP contribution in [0.2, 0.25) is 5.02 Å². The van der Waals surface area contributed by atoms with Gasteiger partial charge in [-0.2, -0.15) is 0 Å². The van der Waals surface area contributed by atoms with Gasteiger partial charge in [-0.25, -0.2) is 0 Å². The second kappa shape index (κ2) is 8.89. The Hall–Kier alpha value is -2.19. The van der Waals surface area contributed by atoms with Crippen LogP contribution in [0.15, 0.2) is 80.0 Å². The van der Waals surface area contributed by atoms with Gasteiger partial charge in [0, 0.05) is 35.8 Å². The zero-order valence-corrected chi connectivity index (χ0v) is 19.4. The highest BCUT2D eigenvalue weighted by molar-refractivity contribution is 8.27. The maximum Gasteiger partial charge on any atom is 0.270 e. The van der Waals surface area contributed by atoms with Gasteiger partial charge >= 0.3 is 0 Å². The zero-order chi connectivity index (χ0) is 21.3. The van der Waals surface area contributed by atoms with E-state index in [2.05, 4.69) is 0 Å². The highest BCUT2D eigenvalue weighted by Crippen LogP contribution is 2.37. The molecule has 3 aromatic rings. The van der Waals surface area contributed by atoms with Gasteiger partial charge in [0.2, 0.25) is 0 Å². The fourth-order valence-electron chi connectivity index (χ4n) is 2.80. The molecule has 0 bridgehead atoms. The highest BCUT2D eigenvalue weighted by atomic mass is 35.5. The summed E-state index contributed by atoms with van der Waals surface area (Å²) in [4.78, 5) is 18.1. The lowest BCUT2D eigenvalue weighted by Gasteiger charge is -2.17. The van der Waals surface area contributed by atoms with E-state index in [9.17, 15) is 4.79 Å². The van der Waals surface area contributed by atoms with Crippen molar-refractivity contribution in [2.75, 3.05) is 23.9 Å². The predicted octanol–water partition coefficient (Wildman–Crippen LogP) is 6.56. The average Bonchev–Trinajstić information content (AvgIpc) is 3.27. The molecule has 4 rings (SSSR count). The lowest BCUT2D eigenvalue weighted by Crippen LogP contribution is -2.27. The van der Waals surface area contributed by atoms with Crippen molar-refractivity contribution in [2.45, 2.75) is 9.99 Å². The molecule has 0 radical (unpaired) electrons. The SMILES string of the molecule is CN(C)c1ccc(N2C(=O)/C(=C\c3ccc(Sc4ccc(Cl)cc4)o3)SC2=S)cc1. The Morgan fingerprint density at radius 1 is 1.07 bits per heavy atom. The molecule has 4 nitrogen and oxygen atoms in total. The van der Waals surface area contributed by atoms with Crippen molar-refractivity contribution in [3.05, 3.63) is 76.4 Å². The number of anilines is 2. The summed E-state index contributed by atoms with van der Waals surface area (Å²) in [6.45, 7) is 0. The topological polar surface area (TPSA) is 36.7 Å². The number of thiocarbonyl (C=S) groups is 1. The number of carbonyl (C=O) groups is 1. The molecular weight excluding hydrogens is 456 g/mol. The minimum atomic E-state index is -0.147. The van der Waals surface area contributed by atoms with Crippen LogP contribution >= 0.6 is 47.3 Å². The van der Waals surface area contributed by atoms with Crippen molar-refractivity contribution in [3.63, 3.8) is 0 Å². The standard InChI is InChI=1S/C22H17ClN2O2S3/c1-24(2)15-5-7-16(8-6-15)25-21(26)19(30-22(25)28)13-17-9-12-20(27-17)29-18-10-3-14(23)4-11-18/h3-13H,1-2H3/b19-13+. The number of amides is 1. The first-order valence-corrected chi connectivity index (χ1v) is 11.4. The largest absolute Gasteiger partial charge is 0.450 e. The maximum absolute atomic E-state index is 12.9. The summed E-state index contributed by atoms with van der Waals surface area (Å²) < 4.78 is 6.37. The number of carbonyl (C=O) groups excluding carboxylic acids is 1. The third-order valence-electron chi connectivity index (χ3n) is 4.33. The van der Waals surface area contributed by atoms with Crippen LogP contribution in [-0.2, 0) is 4.79 Å². The van der Waals surface area contributed by atoms with Crippen molar-refractivity contribution >= 4 is 75.0 Å². The van der Waals surface area contributed by atoms with Crippen molar-refractivity contribution in [1.82, 2.24) is 0 Å². The van der Waals surface area contributed by atoms with Gasteiger partial charge in [-0.3, -0.25) is 9.69 Å². The van der Waals surface area contributed by atoms with Gasteiger partial charge in [-0.1, -0.05) is 47.3 Å². The summed E-state index contributed by atoms with van der Waals surface area (Å²) in [5.41, 5.74) is 1.81. The molecule has 0 spiro atoms. The first-order valence-electron chi connectivity index (χ1n) is 8.99. The summed E-state index contributed by atoms with van der Waals surface area (Å²) in [7, 11) is 3.94. The quantitative estimate of drug-likeness (QED) is 0.309. The fraction of sp³-hybridized carbons (Fsp3) is 0.0909. The molecule has 1 saturated heterocycles. The first kappa shape index (κ1) is 21.1. The molecule has 1 amide bonds. The normalized spacial score (nSPS) is 15.3. The Morgan fingerprint density at radius 3 is 2.43 bits per heavy atom. The van der Waals surface area contributed by atoms with Crippen LogP contribution in [0.4, 0.5) is 11.4 Å². The van der Waals surface area contributed by atoms with Crippen LogP contribution in [-0.4, -0.2) is 24.3 Å². The van der Waals surface area contributed by atoms with Crippen LogP contribution in [0.3, 0.4) is 0 Å². The van der Waals surface area contributed by atoms with Gasteiger partial charge in [0.05, 0.1) is 10.6 Å². The van der Waals surface area contributed by atoms with Gasteiger partial charge in [0.25, 0.3) is 5.91 Å². The van der Waals surface area contributed by atoms with Gasteiger partial charge in [-0.15, -0.1) is 0 Å². The van der Waals surface area contributed by atoms with Crippen LogP contribution in [0.1, 0.15) is 5.76 Å². The van der Waals surface area contributed by atoms with Gasteiger partial charge in [-0.05, 0) is 60.7 Å². The van der Waals surface area contributed by atoms with E-state index in [-0.39, 0.29) is 5.91 Å².